The van der Waals surface area contributed by atoms with Crippen molar-refractivity contribution < 1.29 is 9.53 Å². The Bertz CT molecular complexity index is 643. The molecular weight excluding hydrogens is 266 g/mol. The maximum atomic E-state index is 12.3. The molecule has 1 N–H and O–H groups in total. The van der Waals surface area contributed by atoms with Gasteiger partial charge >= 0.3 is 0 Å². The summed E-state index contributed by atoms with van der Waals surface area (Å²) in [5.74, 6) is 1.08. The van der Waals surface area contributed by atoms with Gasteiger partial charge in [-0.2, -0.15) is 0 Å². The summed E-state index contributed by atoms with van der Waals surface area (Å²) in [6.45, 7) is 2.30. The largest absolute Gasteiger partial charge is 0.381 e. The van der Waals surface area contributed by atoms with Crippen LogP contribution >= 0.6 is 0 Å². The molecule has 1 aliphatic heterocycles. The number of amides is 1. The smallest absolute Gasteiger partial charge is 0.251 e. The lowest BCUT2D eigenvalue weighted by Crippen LogP contribution is -2.29. The molecule has 1 saturated carbocycles. The van der Waals surface area contributed by atoms with Gasteiger partial charge in [-0.15, -0.1) is 0 Å². The highest BCUT2D eigenvalue weighted by Crippen LogP contribution is 2.44. The fourth-order valence-electron chi connectivity index (χ4n) is 3.09. The average Bonchev–Trinajstić information content (AvgIpc) is 2.95. The number of nitrogens with zero attached hydrogens (tertiary/aromatic N) is 2. The molecule has 2 aliphatic rings. The minimum absolute atomic E-state index is 0.0156. The van der Waals surface area contributed by atoms with E-state index in [0.717, 1.165) is 30.9 Å². The highest BCUT2D eigenvalue weighted by Gasteiger charge is 2.54. The van der Waals surface area contributed by atoms with Crippen molar-refractivity contribution in [2.75, 3.05) is 13.2 Å². The quantitative estimate of drug-likeness (QED) is 0.920. The van der Waals surface area contributed by atoms with E-state index >= 15 is 0 Å². The number of rotatable bonds is 4. The van der Waals surface area contributed by atoms with Gasteiger partial charge in [-0.3, -0.25) is 4.79 Å². The maximum absolute atomic E-state index is 12.3. The molecule has 1 aliphatic carbocycles. The average molecular weight is 283 g/mol. The second kappa shape index (κ2) is 5.00. The number of benzene rings is 1. The predicted molar refractivity (Wildman–Crippen MR) is 76.8 cm³/mol. The Balaban J connectivity index is 1.43. The molecule has 3 atom stereocenters. The first-order valence-corrected chi connectivity index (χ1v) is 7.24. The summed E-state index contributed by atoms with van der Waals surface area (Å²) in [6, 6.07) is 8.07. The third-order valence-corrected chi connectivity index (χ3v) is 4.36. The van der Waals surface area contributed by atoms with Gasteiger partial charge in [0.05, 0.1) is 19.5 Å². The van der Waals surface area contributed by atoms with E-state index in [1.165, 1.54) is 0 Å². The molecule has 2 aromatic rings. The topological polar surface area (TPSA) is 56.1 Å². The summed E-state index contributed by atoms with van der Waals surface area (Å²) in [6.07, 6.45) is 5.45. The van der Waals surface area contributed by atoms with Crippen molar-refractivity contribution in [1.82, 2.24) is 14.9 Å². The predicted octanol–water partition coefficient (Wildman–Crippen LogP) is 1.31. The van der Waals surface area contributed by atoms with E-state index in [-0.39, 0.29) is 5.91 Å². The number of imidazole rings is 1. The SMILES string of the molecule is O=C(NC1[C@H]2COC[C@@H]12)c1cccc(Cn2ccnc2)c1. The van der Waals surface area contributed by atoms with E-state index in [0.29, 0.717) is 17.9 Å². The number of carbonyl (C=O) groups is 1. The Morgan fingerprint density at radius 2 is 2.24 bits per heavy atom. The van der Waals surface area contributed by atoms with Gasteiger partial charge in [0.15, 0.2) is 0 Å². The molecule has 108 valence electrons. The van der Waals surface area contributed by atoms with Gasteiger partial charge in [-0.05, 0) is 17.7 Å². The zero-order valence-electron chi connectivity index (χ0n) is 11.6. The first-order valence-electron chi connectivity index (χ1n) is 7.24. The van der Waals surface area contributed by atoms with Gasteiger partial charge < -0.3 is 14.6 Å². The monoisotopic (exact) mass is 283 g/mol. The molecule has 0 bridgehead atoms. The van der Waals surface area contributed by atoms with Gasteiger partial charge in [-0.25, -0.2) is 4.98 Å². The van der Waals surface area contributed by atoms with E-state index in [4.69, 9.17) is 4.74 Å². The summed E-state index contributed by atoms with van der Waals surface area (Å²) in [4.78, 5) is 16.3. The second-order valence-electron chi connectivity index (χ2n) is 5.80. The Labute approximate surface area is 122 Å². The van der Waals surface area contributed by atoms with Crippen LogP contribution in [-0.2, 0) is 11.3 Å². The van der Waals surface area contributed by atoms with Crippen LogP contribution in [0.15, 0.2) is 43.0 Å². The molecule has 1 saturated heterocycles. The summed E-state index contributed by atoms with van der Waals surface area (Å²) < 4.78 is 7.33. The van der Waals surface area contributed by atoms with Crippen LogP contribution in [-0.4, -0.2) is 34.7 Å². The lowest BCUT2D eigenvalue weighted by Gasteiger charge is -2.09. The standard InChI is InChI=1S/C16H17N3O2/c20-16(18-15-13-8-21-9-14(13)15)12-3-1-2-11(6-12)7-19-5-4-17-10-19/h1-6,10,13-15H,7-9H2,(H,18,20)/t13-,14+,15?. The molecule has 2 fully saturated rings. The van der Waals surface area contributed by atoms with E-state index in [9.17, 15) is 4.79 Å². The van der Waals surface area contributed by atoms with Crippen molar-refractivity contribution in [3.8, 4) is 0 Å². The van der Waals surface area contributed by atoms with Crippen LogP contribution < -0.4 is 5.32 Å². The number of carbonyl (C=O) groups excluding carboxylic acids is 1. The van der Waals surface area contributed by atoms with Crippen LogP contribution in [0.1, 0.15) is 15.9 Å². The molecule has 1 aromatic carbocycles. The minimum atomic E-state index is 0.0156. The molecule has 21 heavy (non-hydrogen) atoms. The number of aromatic nitrogens is 2. The van der Waals surface area contributed by atoms with E-state index in [1.54, 1.807) is 12.5 Å². The van der Waals surface area contributed by atoms with Crippen LogP contribution in [0.4, 0.5) is 0 Å². The third kappa shape index (κ3) is 2.45. The molecule has 1 amide bonds. The Kier molecular flexibility index (Phi) is 3.00. The van der Waals surface area contributed by atoms with Crippen molar-refractivity contribution in [2.45, 2.75) is 12.6 Å². The molecule has 0 spiro atoms. The van der Waals surface area contributed by atoms with Crippen LogP contribution in [0.2, 0.25) is 0 Å². The zero-order valence-corrected chi connectivity index (χ0v) is 11.6. The molecule has 5 heteroatoms. The van der Waals surface area contributed by atoms with Crippen LogP contribution in [0.25, 0.3) is 0 Å². The fourth-order valence-corrected chi connectivity index (χ4v) is 3.09. The summed E-state index contributed by atoms with van der Waals surface area (Å²) in [5, 5.41) is 3.12. The molecule has 2 heterocycles. The first-order chi connectivity index (χ1) is 10.3. The molecule has 5 nitrogen and oxygen atoms in total. The minimum Gasteiger partial charge on any atom is -0.381 e. The Morgan fingerprint density at radius 3 is 3.00 bits per heavy atom. The van der Waals surface area contributed by atoms with Crippen LogP contribution in [0.5, 0.6) is 0 Å². The van der Waals surface area contributed by atoms with Gasteiger partial charge in [0.2, 0.25) is 0 Å². The lowest BCUT2D eigenvalue weighted by atomic mass is 10.1. The van der Waals surface area contributed by atoms with Gasteiger partial charge in [0, 0.05) is 42.4 Å². The maximum Gasteiger partial charge on any atom is 0.251 e. The summed E-state index contributed by atoms with van der Waals surface area (Å²) in [5.41, 5.74) is 1.82. The normalized spacial score (nSPS) is 26.4. The van der Waals surface area contributed by atoms with E-state index < -0.39 is 0 Å². The van der Waals surface area contributed by atoms with Crippen LogP contribution in [0, 0.1) is 11.8 Å². The number of ether oxygens (including phenoxy) is 1. The van der Waals surface area contributed by atoms with Gasteiger partial charge in [0.1, 0.15) is 0 Å². The van der Waals surface area contributed by atoms with Crippen molar-refractivity contribution in [3.63, 3.8) is 0 Å². The van der Waals surface area contributed by atoms with Crippen LogP contribution in [0.3, 0.4) is 0 Å². The number of fused-ring (bicyclic) bond motifs is 1. The van der Waals surface area contributed by atoms with Crippen molar-refractivity contribution >= 4 is 5.91 Å². The number of hydrogen-bond donors (Lipinski definition) is 1. The van der Waals surface area contributed by atoms with Crippen molar-refractivity contribution in [1.29, 1.82) is 0 Å². The van der Waals surface area contributed by atoms with E-state index in [2.05, 4.69) is 10.3 Å². The van der Waals surface area contributed by atoms with Gasteiger partial charge in [-0.1, -0.05) is 12.1 Å². The fraction of sp³-hybridized carbons (Fsp3) is 0.375. The zero-order chi connectivity index (χ0) is 14.2. The third-order valence-electron chi connectivity index (χ3n) is 4.36. The molecule has 1 aromatic heterocycles. The Morgan fingerprint density at radius 1 is 1.38 bits per heavy atom. The number of hydrogen-bond acceptors (Lipinski definition) is 3. The van der Waals surface area contributed by atoms with Crippen molar-refractivity contribution in [2.24, 2.45) is 11.8 Å². The lowest BCUT2D eigenvalue weighted by molar-refractivity contribution is 0.0929. The highest BCUT2D eigenvalue weighted by molar-refractivity contribution is 5.94. The molecule has 1 unspecified atom stereocenters. The summed E-state index contributed by atoms with van der Waals surface area (Å²) >= 11 is 0. The number of nitrogens with one attached hydrogen (secondary N) is 1. The molecule has 0 radical (unpaired) electrons. The molecule has 4 rings (SSSR count). The molecular formula is C16H17N3O2. The van der Waals surface area contributed by atoms with Crippen molar-refractivity contribution in [3.05, 3.63) is 54.1 Å². The van der Waals surface area contributed by atoms with Gasteiger partial charge in [0.25, 0.3) is 5.91 Å². The highest BCUT2D eigenvalue weighted by atomic mass is 16.5. The first kappa shape index (κ1) is 12.6. The Hall–Kier alpha value is -2.14. The van der Waals surface area contributed by atoms with E-state index in [1.807, 2.05) is 35.0 Å². The summed E-state index contributed by atoms with van der Waals surface area (Å²) in [7, 11) is 0. The second-order valence-corrected chi connectivity index (χ2v) is 5.80.